The van der Waals surface area contributed by atoms with Gasteiger partial charge in [0.1, 0.15) is 18.0 Å². The summed E-state index contributed by atoms with van der Waals surface area (Å²) in [7, 11) is 0. The van der Waals surface area contributed by atoms with Crippen molar-refractivity contribution in [2.45, 2.75) is 12.5 Å². The molecule has 1 heterocycles. The normalized spacial score (nSPS) is 25.7. The van der Waals surface area contributed by atoms with Crippen molar-refractivity contribution in [3.05, 3.63) is 35.6 Å². The average molecular weight is 194 g/mol. The molecular formula is C10H11FN2O. The summed E-state index contributed by atoms with van der Waals surface area (Å²) in [5, 5.41) is 0. The Labute approximate surface area is 81.4 Å². The Hall–Kier alpha value is -1.58. The van der Waals surface area contributed by atoms with Gasteiger partial charge in [0.2, 0.25) is 0 Å². The lowest BCUT2D eigenvalue weighted by molar-refractivity contribution is 0.266. The van der Waals surface area contributed by atoms with E-state index in [4.69, 9.17) is 10.5 Å². The average Bonchev–Trinajstić information content (AvgIpc) is 2.48. The second-order valence-corrected chi connectivity index (χ2v) is 3.52. The standard InChI is InChI=1S/C10H11FN2O/c1-10(6-14-9(12)13-10)7-2-4-8(11)5-3-7/h2-5H,6H2,1H3,(H2,12,13)/t10-/m1/s1. The Morgan fingerprint density at radius 2 is 2.07 bits per heavy atom. The van der Waals surface area contributed by atoms with Crippen molar-refractivity contribution in [3.8, 4) is 0 Å². The zero-order valence-corrected chi connectivity index (χ0v) is 7.83. The van der Waals surface area contributed by atoms with Crippen LogP contribution < -0.4 is 5.73 Å². The maximum atomic E-state index is 12.7. The number of nitrogens with zero attached hydrogens (tertiary/aromatic N) is 1. The summed E-state index contributed by atoms with van der Waals surface area (Å²) in [4.78, 5) is 4.17. The maximum Gasteiger partial charge on any atom is 0.283 e. The fraction of sp³-hybridized carbons (Fsp3) is 0.300. The van der Waals surface area contributed by atoms with Crippen LogP contribution in [-0.4, -0.2) is 12.6 Å². The first-order chi connectivity index (χ1) is 6.60. The van der Waals surface area contributed by atoms with E-state index in [2.05, 4.69) is 4.99 Å². The van der Waals surface area contributed by atoms with Gasteiger partial charge in [-0.05, 0) is 24.6 Å². The molecule has 0 saturated carbocycles. The van der Waals surface area contributed by atoms with E-state index in [-0.39, 0.29) is 11.8 Å². The first-order valence-electron chi connectivity index (χ1n) is 4.34. The number of rotatable bonds is 1. The second-order valence-electron chi connectivity index (χ2n) is 3.52. The Balaban J connectivity index is 2.35. The Kier molecular flexibility index (Phi) is 1.91. The van der Waals surface area contributed by atoms with Crippen molar-refractivity contribution >= 4 is 6.02 Å². The number of hydrogen-bond acceptors (Lipinski definition) is 3. The molecule has 0 bridgehead atoms. The molecule has 0 aromatic heterocycles. The highest BCUT2D eigenvalue weighted by Crippen LogP contribution is 2.29. The number of ether oxygens (including phenoxy) is 1. The van der Waals surface area contributed by atoms with Gasteiger partial charge in [-0.1, -0.05) is 12.1 Å². The minimum absolute atomic E-state index is 0.192. The zero-order valence-electron chi connectivity index (χ0n) is 7.83. The lowest BCUT2D eigenvalue weighted by Crippen LogP contribution is -2.20. The van der Waals surface area contributed by atoms with Gasteiger partial charge in [-0.2, -0.15) is 0 Å². The maximum absolute atomic E-state index is 12.7. The predicted octanol–water partition coefficient (Wildman–Crippen LogP) is 1.39. The number of hydrogen-bond donors (Lipinski definition) is 1. The van der Waals surface area contributed by atoms with E-state index in [1.165, 1.54) is 12.1 Å². The van der Waals surface area contributed by atoms with E-state index in [1.54, 1.807) is 12.1 Å². The molecule has 14 heavy (non-hydrogen) atoms. The molecule has 0 spiro atoms. The van der Waals surface area contributed by atoms with E-state index in [1.807, 2.05) is 6.92 Å². The van der Waals surface area contributed by atoms with Crippen LogP contribution in [-0.2, 0) is 10.3 Å². The third-order valence-corrected chi connectivity index (χ3v) is 2.32. The first-order valence-corrected chi connectivity index (χ1v) is 4.34. The van der Waals surface area contributed by atoms with Crippen molar-refractivity contribution in [2.24, 2.45) is 10.7 Å². The number of aliphatic imine (C=N–C) groups is 1. The van der Waals surface area contributed by atoms with Gasteiger partial charge in [-0.3, -0.25) is 0 Å². The molecule has 0 radical (unpaired) electrons. The topological polar surface area (TPSA) is 47.6 Å². The van der Waals surface area contributed by atoms with Crippen LogP contribution in [0.15, 0.2) is 29.3 Å². The minimum Gasteiger partial charge on any atom is -0.462 e. The summed E-state index contributed by atoms with van der Waals surface area (Å²) in [6, 6.07) is 6.40. The molecule has 1 aromatic carbocycles. The van der Waals surface area contributed by atoms with Crippen LogP contribution in [0.25, 0.3) is 0 Å². The van der Waals surface area contributed by atoms with Crippen molar-refractivity contribution in [3.63, 3.8) is 0 Å². The molecule has 4 heteroatoms. The molecule has 0 aliphatic carbocycles. The van der Waals surface area contributed by atoms with Gasteiger partial charge in [0.05, 0.1) is 0 Å². The van der Waals surface area contributed by atoms with Gasteiger partial charge in [0.25, 0.3) is 6.02 Å². The lowest BCUT2D eigenvalue weighted by atomic mass is 9.94. The fourth-order valence-electron chi connectivity index (χ4n) is 1.48. The van der Waals surface area contributed by atoms with E-state index in [9.17, 15) is 4.39 Å². The molecule has 74 valence electrons. The van der Waals surface area contributed by atoms with Gasteiger partial charge < -0.3 is 10.5 Å². The molecule has 2 rings (SSSR count). The molecule has 0 fully saturated rings. The van der Waals surface area contributed by atoms with Gasteiger partial charge in [0, 0.05) is 0 Å². The van der Waals surface area contributed by atoms with Crippen LogP contribution in [0.3, 0.4) is 0 Å². The molecule has 0 amide bonds. The summed E-state index contributed by atoms with van der Waals surface area (Å²) in [5.74, 6) is -0.256. The van der Waals surface area contributed by atoms with Gasteiger partial charge in [-0.15, -0.1) is 0 Å². The number of amidine groups is 1. The SMILES string of the molecule is C[C@]1(c2ccc(F)cc2)COC(N)=N1. The van der Waals surface area contributed by atoms with Crippen LogP contribution in [0, 0.1) is 5.82 Å². The number of nitrogens with two attached hydrogens (primary N) is 1. The lowest BCUT2D eigenvalue weighted by Gasteiger charge is -2.18. The van der Waals surface area contributed by atoms with Crippen molar-refractivity contribution in [1.29, 1.82) is 0 Å². The summed E-state index contributed by atoms with van der Waals surface area (Å²) in [6.07, 6.45) is 0. The monoisotopic (exact) mass is 194 g/mol. The van der Waals surface area contributed by atoms with Crippen molar-refractivity contribution < 1.29 is 9.13 Å². The van der Waals surface area contributed by atoms with Crippen LogP contribution in [0.4, 0.5) is 4.39 Å². The second kappa shape index (κ2) is 2.97. The van der Waals surface area contributed by atoms with Crippen LogP contribution in [0.1, 0.15) is 12.5 Å². The highest BCUT2D eigenvalue weighted by atomic mass is 19.1. The quantitative estimate of drug-likeness (QED) is 0.734. The molecule has 0 unspecified atom stereocenters. The molecule has 3 nitrogen and oxygen atoms in total. The Bertz CT molecular complexity index is 374. The van der Waals surface area contributed by atoms with E-state index >= 15 is 0 Å². The van der Waals surface area contributed by atoms with Gasteiger partial charge in [-0.25, -0.2) is 9.38 Å². The third-order valence-electron chi connectivity index (χ3n) is 2.32. The molecular weight excluding hydrogens is 183 g/mol. The van der Waals surface area contributed by atoms with Gasteiger partial charge in [0.15, 0.2) is 0 Å². The summed E-state index contributed by atoms with van der Waals surface area (Å²) in [5.41, 5.74) is 5.86. The van der Waals surface area contributed by atoms with Crippen LogP contribution in [0.5, 0.6) is 0 Å². The highest BCUT2D eigenvalue weighted by molar-refractivity contribution is 5.74. The summed E-state index contributed by atoms with van der Waals surface area (Å²) >= 11 is 0. The number of benzene rings is 1. The molecule has 1 aliphatic rings. The van der Waals surface area contributed by atoms with Crippen molar-refractivity contribution in [1.82, 2.24) is 0 Å². The van der Waals surface area contributed by atoms with E-state index in [0.29, 0.717) is 6.61 Å². The Morgan fingerprint density at radius 1 is 1.43 bits per heavy atom. The molecule has 1 aliphatic heterocycles. The van der Waals surface area contributed by atoms with Crippen molar-refractivity contribution in [2.75, 3.05) is 6.61 Å². The van der Waals surface area contributed by atoms with E-state index in [0.717, 1.165) is 5.56 Å². The third kappa shape index (κ3) is 1.43. The van der Waals surface area contributed by atoms with Gasteiger partial charge >= 0.3 is 0 Å². The summed E-state index contributed by atoms with van der Waals surface area (Å²) < 4.78 is 17.8. The first kappa shape index (κ1) is 8.99. The highest BCUT2D eigenvalue weighted by Gasteiger charge is 2.32. The number of halogens is 1. The van der Waals surface area contributed by atoms with Crippen LogP contribution >= 0.6 is 0 Å². The smallest absolute Gasteiger partial charge is 0.283 e. The molecule has 1 atom stereocenters. The molecule has 2 N–H and O–H groups in total. The zero-order chi connectivity index (χ0) is 10.2. The molecule has 0 saturated heterocycles. The van der Waals surface area contributed by atoms with Crippen LogP contribution in [0.2, 0.25) is 0 Å². The fourth-order valence-corrected chi connectivity index (χ4v) is 1.48. The Morgan fingerprint density at radius 3 is 2.57 bits per heavy atom. The predicted molar refractivity (Wildman–Crippen MR) is 51.3 cm³/mol. The largest absolute Gasteiger partial charge is 0.462 e. The van der Waals surface area contributed by atoms with E-state index < -0.39 is 5.54 Å². The molecule has 1 aromatic rings. The minimum atomic E-state index is -0.474. The summed E-state index contributed by atoms with van der Waals surface area (Å²) in [6.45, 7) is 2.31.